The van der Waals surface area contributed by atoms with Gasteiger partial charge >= 0.3 is 0 Å². The summed E-state index contributed by atoms with van der Waals surface area (Å²) in [5.74, 6) is -1.08. The highest BCUT2D eigenvalue weighted by Crippen LogP contribution is 2.18. The topological polar surface area (TPSA) is 161 Å². The van der Waals surface area contributed by atoms with Crippen LogP contribution in [0.3, 0.4) is 0 Å². The maximum Gasteiger partial charge on any atom is 0.275 e. The smallest absolute Gasteiger partial charge is 0.275 e. The monoisotopic (exact) mass is 467 g/mol. The minimum absolute atomic E-state index is 0.0687. The largest absolute Gasteiger partial charge is 0.384 e. The van der Waals surface area contributed by atoms with Gasteiger partial charge in [0.2, 0.25) is 15.9 Å². The molecule has 0 unspecified atom stereocenters. The van der Waals surface area contributed by atoms with Crippen molar-refractivity contribution >= 4 is 27.5 Å². The first-order valence-electron chi connectivity index (χ1n) is 10.0. The number of nitrogens with two attached hydrogens (primary N) is 2. The number of pyridine rings is 1. The van der Waals surface area contributed by atoms with E-state index in [1.165, 1.54) is 4.57 Å². The maximum atomic E-state index is 13.3. The molecule has 0 aliphatic rings. The number of carbonyl (C=O) groups is 1. The van der Waals surface area contributed by atoms with Crippen molar-refractivity contribution in [3.63, 3.8) is 0 Å². The molecule has 1 heterocycles. The molecule has 1 aromatic heterocycles. The molecule has 0 saturated carbocycles. The van der Waals surface area contributed by atoms with E-state index >= 15 is 0 Å². The number of amides is 1. The molecule has 172 valence electrons. The van der Waals surface area contributed by atoms with Crippen LogP contribution in [0, 0.1) is 12.3 Å². The summed E-state index contributed by atoms with van der Waals surface area (Å²) >= 11 is 0. The Balaban J connectivity index is 2.01. The van der Waals surface area contributed by atoms with Crippen molar-refractivity contribution in [1.82, 2.24) is 4.57 Å². The average molecular weight is 468 g/mol. The van der Waals surface area contributed by atoms with Crippen LogP contribution in [0.25, 0.3) is 0 Å². The number of sulfonamides is 1. The van der Waals surface area contributed by atoms with Gasteiger partial charge in [0, 0.05) is 11.3 Å². The Morgan fingerprint density at radius 1 is 1.03 bits per heavy atom. The van der Waals surface area contributed by atoms with E-state index in [0.29, 0.717) is 16.8 Å². The van der Waals surface area contributed by atoms with Crippen molar-refractivity contribution in [3.8, 4) is 0 Å². The fourth-order valence-corrected chi connectivity index (χ4v) is 4.66. The number of hydrogen-bond acceptors (Lipinski definition) is 5. The summed E-state index contributed by atoms with van der Waals surface area (Å²) in [5, 5.41) is 7.49. The third kappa shape index (κ3) is 6.07. The van der Waals surface area contributed by atoms with Crippen LogP contribution in [0.2, 0.25) is 0 Å². The van der Waals surface area contributed by atoms with Gasteiger partial charge in [0.25, 0.3) is 5.56 Å². The van der Waals surface area contributed by atoms with E-state index in [1.54, 1.807) is 67.6 Å². The molecule has 2 aromatic carbocycles. The van der Waals surface area contributed by atoms with Gasteiger partial charge in [0.05, 0.1) is 18.7 Å². The predicted octanol–water partition coefficient (Wildman–Crippen LogP) is 1.46. The number of aryl methyl sites for hydroxylation is 1. The lowest BCUT2D eigenvalue weighted by Gasteiger charge is -2.17. The van der Waals surface area contributed by atoms with Crippen molar-refractivity contribution < 1.29 is 13.2 Å². The predicted molar refractivity (Wildman–Crippen MR) is 128 cm³/mol. The molecule has 0 aliphatic carbocycles. The number of nitrogens with one attached hydrogen (secondary N) is 2. The van der Waals surface area contributed by atoms with Crippen LogP contribution in [0.5, 0.6) is 0 Å². The SMILES string of the molecule is Cc1cc(CC(N)=O)c(NS(=O)(=O)Cc2ccccc2)c(=O)n1Cc1ccc(C(=N)N)cc1. The van der Waals surface area contributed by atoms with Crippen LogP contribution in [-0.4, -0.2) is 24.7 Å². The number of rotatable bonds is 9. The summed E-state index contributed by atoms with van der Waals surface area (Å²) in [5.41, 5.74) is 12.6. The quantitative estimate of drug-likeness (QED) is 0.276. The van der Waals surface area contributed by atoms with Crippen LogP contribution < -0.4 is 21.7 Å². The Labute approximate surface area is 191 Å². The summed E-state index contributed by atoms with van der Waals surface area (Å²) in [6.07, 6.45) is -0.284. The van der Waals surface area contributed by atoms with Gasteiger partial charge < -0.3 is 16.0 Å². The molecular weight excluding hydrogens is 442 g/mol. The van der Waals surface area contributed by atoms with Crippen LogP contribution in [0.15, 0.2) is 65.5 Å². The van der Waals surface area contributed by atoms with Gasteiger partial charge in [-0.05, 0) is 29.7 Å². The highest BCUT2D eigenvalue weighted by Gasteiger charge is 2.20. The summed E-state index contributed by atoms with van der Waals surface area (Å²) in [4.78, 5) is 24.9. The summed E-state index contributed by atoms with van der Waals surface area (Å²) in [6.45, 7) is 1.85. The fraction of sp³-hybridized carbons (Fsp3) is 0.174. The lowest BCUT2D eigenvalue weighted by molar-refractivity contribution is -0.117. The van der Waals surface area contributed by atoms with Crippen molar-refractivity contribution in [2.24, 2.45) is 11.5 Å². The lowest BCUT2D eigenvalue weighted by Crippen LogP contribution is -2.31. The second kappa shape index (κ2) is 9.70. The molecule has 0 bridgehead atoms. The van der Waals surface area contributed by atoms with Crippen molar-refractivity contribution in [2.45, 2.75) is 25.6 Å². The standard InChI is InChI=1S/C23H25N5O4S/c1-15-11-19(12-20(24)29)21(27-33(31,32)14-17-5-3-2-4-6-17)23(30)28(15)13-16-7-9-18(10-8-16)22(25)26/h2-11,27H,12-14H2,1H3,(H2,24,29)(H3,25,26). The molecule has 9 nitrogen and oxygen atoms in total. The van der Waals surface area contributed by atoms with Crippen LogP contribution in [0.4, 0.5) is 5.69 Å². The van der Waals surface area contributed by atoms with Gasteiger partial charge in [0.1, 0.15) is 11.5 Å². The zero-order valence-corrected chi connectivity index (χ0v) is 18.9. The molecule has 6 N–H and O–H groups in total. The fourth-order valence-electron chi connectivity index (χ4n) is 3.43. The van der Waals surface area contributed by atoms with Crippen LogP contribution in [-0.2, 0) is 33.5 Å². The number of amidine groups is 1. The normalized spacial score (nSPS) is 11.2. The number of carbonyl (C=O) groups excluding carboxylic acids is 1. The van der Waals surface area contributed by atoms with Crippen LogP contribution >= 0.6 is 0 Å². The van der Waals surface area contributed by atoms with E-state index in [-0.39, 0.29) is 35.8 Å². The molecule has 1 amide bonds. The third-order valence-corrected chi connectivity index (χ3v) is 6.24. The first-order chi connectivity index (χ1) is 15.6. The van der Waals surface area contributed by atoms with Crippen LogP contribution in [0.1, 0.15) is 27.9 Å². The van der Waals surface area contributed by atoms with Gasteiger partial charge in [-0.3, -0.25) is 19.7 Å². The van der Waals surface area contributed by atoms with Gasteiger partial charge in [-0.15, -0.1) is 0 Å². The Kier molecular flexibility index (Phi) is 6.98. The second-order valence-corrected chi connectivity index (χ2v) is 9.40. The second-order valence-electron chi connectivity index (χ2n) is 7.68. The number of nitrogens with zero attached hydrogens (tertiary/aromatic N) is 1. The molecular formula is C23H25N5O4S. The Morgan fingerprint density at radius 2 is 1.67 bits per heavy atom. The molecule has 0 atom stereocenters. The first kappa shape index (κ1) is 23.7. The Bertz CT molecular complexity index is 1350. The van der Waals surface area contributed by atoms with E-state index in [1.807, 2.05) is 0 Å². The summed E-state index contributed by atoms with van der Waals surface area (Å²) < 4.78 is 29.4. The zero-order valence-electron chi connectivity index (χ0n) is 18.0. The Hall–Kier alpha value is -3.92. The highest BCUT2D eigenvalue weighted by molar-refractivity contribution is 7.91. The van der Waals surface area contributed by atoms with Gasteiger partial charge in [-0.1, -0.05) is 54.6 Å². The molecule has 3 rings (SSSR count). The lowest BCUT2D eigenvalue weighted by atomic mass is 10.1. The highest BCUT2D eigenvalue weighted by atomic mass is 32.2. The minimum atomic E-state index is -3.94. The molecule has 3 aromatic rings. The van der Waals surface area contributed by atoms with E-state index < -0.39 is 21.5 Å². The van der Waals surface area contributed by atoms with E-state index in [4.69, 9.17) is 16.9 Å². The van der Waals surface area contributed by atoms with Crippen molar-refractivity contribution in [2.75, 3.05) is 4.72 Å². The van der Waals surface area contributed by atoms with Gasteiger partial charge in [0.15, 0.2) is 0 Å². The first-order valence-corrected chi connectivity index (χ1v) is 11.7. The number of nitrogen functional groups attached to an aromatic ring is 1. The van der Waals surface area contributed by atoms with E-state index in [9.17, 15) is 18.0 Å². The van der Waals surface area contributed by atoms with Gasteiger partial charge in [-0.2, -0.15) is 0 Å². The average Bonchev–Trinajstić information content (AvgIpc) is 2.74. The van der Waals surface area contributed by atoms with E-state index in [2.05, 4.69) is 4.72 Å². The summed E-state index contributed by atoms with van der Waals surface area (Å²) in [6, 6.07) is 16.9. The van der Waals surface area contributed by atoms with Crippen molar-refractivity contribution in [3.05, 3.63) is 99.0 Å². The number of aromatic nitrogens is 1. The molecule has 0 radical (unpaired) electrons. The molecule has 0 spiro atoms. The molecule has 0 fully saturated rings. The van der Waals surface area contributed by atoms with E-state index in [0.717, 1.165) is 5.56 Å². The van der Waals surface area contributed by atoms with Crippen molar-refractivity contribution in [1.29, 1.82) is 5.41 Å². The Morgan fingerprint density at radius 3 is 2.24 bits per heavy atom. The third-order valence-electron chi connectivity index (χ3n) is 5.02. The number of benzene rings is 2. The minimum Gasteiger partial charge on any atom is -0.384 e. The molecule has 0 saturated heterocycles. The number of anilines is 1. The number of primary amides is 1. The summed E-state index contributed by atoms with van der Waals surface area (Å²) in [7, 11) is -3.94. The molecule has 10 heteroatoms. The molecule has 33 heavy (non-hydrogen) atoms. The number of hydrogen-bond donors (Lipinski definition) is 4. The zero-order chi connectivity index (χ0) is 24.2. The maximum absolute atomic E-state index is 13.3. The molecule has 0 aliphatic heterocycles. The van der Waals surface area contributed by atoms with Gasteiger partial charge in [-0.25, -0.2) is 8.42 Å².